The van der Waals surface area contributed by atoms with Crippen LogP contribution in [-0.2, 0) is 24.1 Å². The molecule has 0 rings (SSSR count). The Morgan fingerprint density at radius 2 is 2.00 bits per heavy atom. The van der Waals surface area contributed by atoms with Gasteiger partial charge in [-0.15, -0.1) is 0 Å². The average Bonchev–Trinajstić information content (AvgIpc) is 1.63. The zero-order valence-electron chi connectivity index (χ0n) is 5.47. The Morgan fingerprint density at radius 1 is 1.56 bits per heavy atom. The van der Waals surface area contributed by atoms with Gasteiger partial charge in [0.05, 0.1) is 0 Å². The Kier molecular flexibility index (Phi) is 3.63. The summed E-state index contributed by atoms with van der Waals surface area (Å²) < 4.78 is 0.787. The van der Waals surface area contributed by atoms with E-state index in [0.717, 1.165) is 3.90 Å². The molecule has 0 aliphatic heterocycles. The Bertz CT molecular complexity index is 168. The number of carbonyl (C=O) groups excluding carboxylic acids is 1. The average molecular weight is 295 g/mol. The molecule has 9 heavy (non-hydrogen) atoms. The van der Waals surface area contributed by atoms with Gasteiger partial charge in [0.1, 0.15) is 0 Å². The van der Waals surface area contributed by atoms with E-state index >= 15 is 0 Å². The molecule has 50 valence electrons. The van der Waals surface area contributed by atoms with Gasteiger partial charge in [-0.25, -0.2) is 0 Å². The first-order valence-electron chi connectivity index (χ1n) is 2.52. The second-order valence-electron chi connectivity index (χ2n) is 1.81. The summed E-state index contributed by atoms with van der Waals surface area (Å²) in [7, 11) is 0. The van der Waals surface area contributed by atoms with Crippen molar-refractivity contribution in [2.75, 3.05) is 0 Å². The van der Waals surface area contributed by atoms with Gasteiger partial charge in [0.15, 0.2) is 0 Å². The van der Waals surface area contributed by atoms with Crippen LogP contribution in [0.3, 0.4) is 0 Å². The van der Waals surface area contributed by atoms with Gasteiger partial charge in [-0.05, 0) is 0 Å². The predicted molar refractivity (Wildman–Crippen MR) is 33.6 cm³/mol. The SMILES string of the molecule is CC(=O)[C](=[W])C=C(C)N. The minimum absolute atomic E-state index is 0.106. The molecule has 0 unspecified atom stereocenters. The van der Waals surface area contributed by atoms with Crippen molar-refractivity contribution in [3.63, 3.8) is 0 Å². The number of nitrogens with two attached hydrogens (primary N) is 1. The number of ketones is 1. The molecule has 0 atom stereocenters. The Hall–Kier alpha value is -0.232. The van der Waals surface area contributed by atoms with Crippen molar-refractivity contribution in [2.45, 2.75) is 13.8 Å². The Morgan fingerprint density at radius 3 is 2.11 bits per heavy atom. The molecule has 0 aliphatic rings. The van der Waals surface area contributed by atoms with E-state index in [1.165, 1.54) is 19.4 Å². The molecule has 0 heterocycles. The molecule has 0 saturated carbocycles. The summed E-state index contributed by atoms with van der Waals surface area (Å²) >= 11 is 1.17. The molecule has 2 N–H and O–H groups in total. The van der Waals surface area contributed by atoms with E-state index in [-0.39, 0.29) is 5.78 Å². The summed E-state index contributed by atoms with van der Waals surface area (Å²) in [4.78, 5) is 10.6. The number of Topliss-reactive ketones (excluding diaryl/α,β-unsaturated/α-hetero) is 1. The van der Waals surface area contributed by atoms with Gasteiger partial charge >= 0.3 is 65.2 Å². The molecule has 0 aromatic carbocycles. The normalized spacial score (nSPS) is 11.1. The van der Waals surface area contributed by atoms with Crippen molar-refractivity contribution in [1.82, 2.24) is 0 Å². The van der Waals surface area contributed by atoms with Crippen molar-refractivity contribution >= 4 is 9.68 Å². The van der Waals surface area contributed by atoms with Crippen molar-refractivity contribution in [2.24, 2.45) is 5.73 Å². The van der Waals surface area contributed by atoms with Crippen molar-refractivity contribution in [3.05, 3.63) is 11.8 Å². The molecule has 0 fully saturated rings. The molecular formula is C6H9NOW. The molecular weight excluding hydrogens is 286 g/mol. The molecule has 0 aromatic heterocycles. The minimum atomic E-state index is 0.106. The summed E-state index contributed by atoms with van der Waals surface area (Å²) in [5, 5.41) is 0. The molecule has 0 spiro atoms. The van der Waals surface area contributed by atoms with E-state index in [1.807, 2.05) is 0 Å². The van der Waals surface area contributed by atoms with Gasteiger partial charge in [-0.1, -0.05) is 0 Å². The van der Waals surface area contributed by atoms with E-state index in [4.69, 9.17) is 5.73 Å². The Labute approximate surface area is 65.5 Å². The van der Waals surface area contributed by atoms with Crippen LogP contribution in [-0.4, -0.2) is 9.68 Å². The van der Waals surface area contributed by atoms with Crippen LogP contribution in [0.4, 0.5) is 0 Å². The summed E-state index contributed by atoms with van der Waals surface area (Å²) in [6, 6.07) is 0. The van der Waals surface area contributed by atoms with Crippen LogP contribution in [0, 0.1) is 0 Å². The van der Waals surface area contributed by atoms with Crippen molar-refractivity contribution in [1.29, 1.82) is 0 Å². The van der Waals surface area contributed by atoms with Gasteiger partial charge < -0.3 is 0 Å². The van der Waals surface area contributed by atoms with Crippen LogP contribution in [0.25, 0.3) is 0 Å². The third kappa shape index (κ3) is 4.28. The van der Waals surface area contributed by atoms with Crippen LogP contribution >= 0.6 is 0 Å². The van der Waals surface area contributed by atoms with Gasteiger partial charge in [0.2, 0.25) is 0 Å². The van der Waals surface area contributed by atoms with Gasteiger partial charge in [0, 0.05) is 0 Å². The standard InChI is InChI=1S/C6H9NO.W/c1-5(7)3-4-6(2)8;/h3H,7H2,1-2H3;. The maximum absolute atomic E-state index is 10.6. The second-order valence-corrected chi connectivity index (χ2v) is 3.39. The third-order valence-corrected chi connectivity index (χ3v) is 2.16. The third-order valence-electron chi connectivity index (χ3n) is 0.706. The van der Waals surface area contributed by atoms with Gasteiger partial charge in [-0.2, -0.15) is 0 Å². The van der Waals surface area contributed by atoms with E-state index in [1.54, 1.807) is 19.9 Å². The maximum atomic E-state index is 10.6. The van der Waals surface area contributed by atoms with Crippen LogP contribution in [0.1, 0.15) is 13.8 Å². The van der Waals surface area contributed by atoms with E-state index in [0.29, 0.717) is 5.70 Å². The number of hydrogen-bond donors (Lipinski definition) is 1. The van der Waals surface area contributed by atoms with Gasteiger partial charge in [0.25, 0.3) is 0 Å². The molecule has 0 amide bonds. The van der Waals surface area contributed by atoms with Crippen LogP contribution < -0.4 is 5.73 Å². The summed E-state index contributed by atoms with van der Waals surface area (Å²) in [6.07, 6.45) is 1.71. The summed E-state index contributed by atoms with van der Waals surface area (Å²) in [5.41, 5.74) is 6.02. The van der Waals surface area contributed by atoms with E-state index < -0.39 is 0 Å². The van der Waals surface area contributed by atoms with E-state index in [2.05, 4.69) is 0 Å². The van der Waals surface area contributed by atoms with Crippen LogP contribution in [0.5, 0.6) is 0 Å². The number of carbonyl (C=O) groups is 1. The van der Waals surface area contributed by atoms with Crippen molar-refractivity contribution in [3.8, 4) is 0 Å². The zero-order valence-corrected chi connectivity index (χ0v) is 8.40. The number of allylic oxidation sites excluding steroid dienone is 2. The molecule has 0 bridgehead atoms. The first kappa shape index (κ1) is 8.77. The monoisotopic (exact) mass is 295 g/mol. The fourth-order valence-electron chi connectivity index (χ4n) is 0.308. The molecule has 0 aliphatic carbocycles. The topological polar surface area (TPSA) is 43.1 Å². The zero-order chi connectivity index (χ0) is 7.44. The molecule has 2 nitrogen and oxygen atoms in total. The number of hydrogen-bond acceptors (Lipinski definition) is 2. The quantitative estimate of drug-likeness (QED) is 0.788. The molecule has 3 heteroatoms. The second kappa shape index (κ2) is 3.73. The van der Waals surface area contributed by atoms with Crippen molar-refractivity contribution < 1.29 is 24.1 Å². The predicted octanol–water partition coefficient (Wildman–Crippen LogP) is 0.157. The molecule has 0 aromatic rings. The van der Waals surface area contributed by atoms with Gasteiger partial charge in [-0.3, -0.25) is 0 Å². The first-order chi connectivity index (χ1) is 4.04. The Balaban J connectivity index is 4.09. The summed E-state index contributed by atoms with van der Waals surface area (Å²) in [6.45, 7) is 3.31. The number of rotatable bonds is 2. The summed E-state index contributed by atoms with van der Waals surface area (Å²) in [5.74, 6) is 0.106. The molecule has 0 radical (unpaired) electrons. The van der Waals surface area contributed by atoms with Crippen LogP contribution in [0.15, 0.2) is 11.8 Å². The van der Waals surface area contributed by atoms with Crippen LogP contribution in [0.2, 0.25) is 0 Å². The van der Waals surface area contributed by atoms with E-state index in [9.17, 15) is 4.79 Å². The molecule has 0 saturated heterocycles. The first-order valence-corrected chi connectivity index (χ1v) is 3.99. The fourth-order valence-corrected chi connectivity index (χ4v) is 0.976. The fraction of sp³-hybridized carbons (Fsp3) is 0.333.